The Morgan fingerprint density at radius 3 is 2.20 bits per heavy atom. The molecule has 0 saturated carbocycles. The first-order valence-electron chi connectivity index (χ1n) is 9.85. The number of Topliss-reactive ketones (excluding diaryl/α,β-unsaturated/α-hetero) is 1. The van der Waals surface area contributed by atoms with Gasteiger partial charge in [-0.15, -0.1) is 0 Å². The molecule has 0 bridgehead atoms. The molecule has 4 nitrogen and oxygen atoms in total. The molecular weight excluding hydrogens is 394 g/mol. The van der Waals surface area contributed by atoms with Crippen molar-refractivity contribution in [2.24, 2.45) is 0 Å². The van der Waals surface area contributed by atoms with Crippen molar-refractivity contribution in [3.63, 3.8) is 0 Å². The number of hydrogen-bond donors (Lipinski definition) is 0. The van der Waals surface area contributed by atoms with Crippen LogP contribution in [-0.2, 0) is 14.8 Å². The first-order chi connectivity index (χ1) is 14.4. The number of anilines is 1. The molecule has 0 aromatic heterocycles. The zero-order chi connectivity index (χ0) is 21.3. The van der Waals surface area contributed by atoms with Crippen LogP contribution < -0.4 is 4.31 Å². The second-order valence-corrected chi connectivity index (χ2v) is 9.36. The molecule has 152 valence electrons. The van der Waals surface area contributed by atoms with Gasteiger partial charge >= 0.3 is 0 Å². The first-order valence-corrected chi connectivity index (χ1v) is 11.3. The maximum atomic E-state index is 13.8. The third kappa shape index (κ3) is 3.68. The number of carbonyl (C=O) groups excluding carboxylic acids is 1. The lowest BCUT2D eigenvalue weighted by Gasteiger charge is -2.35. The normalized spacial score (nSPS) is 16.0. The number of carbonyl (C=O) groups is 1. The summed E-state index contributed by atoms with van der Waals surface area (Å²) in [5.74, 6) is -0.119. The van der Waals surface area contributed by atoms with E-state index in [0.29, 0.717) is 17.8 Å². The third-order valence-electron chi connectivity index (χ3n) is 5.27. The fourth-order valence-corrected chi connectivity index (χ4v) is 5.38. The highest BCUT2D eigenvalue weighted by Gasteiger charge is 2.35. The lowest BCUT2D eigenvalue weighted by molar-refractivity contribution is -0.117. The Morgan fingerprint density at radius 2 is 1.53 bits per heavy atom. The summed E-state index contributed by atoms with van der Waals surface area (Å²) in [4.78, 5) is 12.2. The van der Waals surface area contributed by atoms with E-state index < -0.39 is 10.0 Å². The number of aryl methyl sites for hydroxylation is 1. The van der Waals surface area contributed by atoms with Gasteiger partial charge in [0.05, 0.1) is 16.3 Å². The van der Waals surface area contributed by atoms with Crippen molar-refractivity contribution in [2.45, 2.75) is 31.1 Å². The van der Waals surface area contributed by atoms with Crippen LogP contribution in [0.1, 0.15) is 36.0 Å². The highest BCUT2D eigenvalue weighted by molar-refractivity contribution is 7.93. The molecule has 1 heterocycles. The van der Waals surface area contributed by atoms with Crippen LogP contribution in [0.3, 0.4) is 0 Å². The molecule has 0 N–H and O–H groups in total. The molecule has 1 atom stereocenters. The van der Waals surface area contributed by atoms with E-state index in [9.17, 15) is 13.2 Å². The molecule has 3 aromatic carbocycles. The van der Waals surface area contributed by atoms with Crippen molar-refractivity contribution < 1.29 is 13.2 Å². The Balaban J connectivity index is 1.96. The lowest BCUT2D eigenvalue weighted by atomic mass is 9.88. The Bertz CT molecular complexity index is 1210. The van der Waals surface area contributed by atoms with Crippen molar-refractivity contribution in [1.82, 2.24) is 0 Å². The summed E-state index contributed by atoms with van der Waals surface area (Å²) < 4.78 is 29.0. The second kappa shape index (κ2) is 7.92. The molecule has 0 unspecified atom stereocenters. The van der Waals surface area contributed by atoms with Crippen LogP contribution in [0.15, 0.2) is 89.8 Å². The van der Waals surface area contributed by atoms with Crippen molar-refractivity contribution in [3.05, 3.63) is 102 Å². The zero-order valence-electron chi connectivity index (χ0n) is 16.9. The fourth-order valence-electron chi connectivity index (χ4n) is 3.84. The van der Waals surface area contributed by atoms with E-state index >= 15 is 0 Å². The maximum Gasteiger partial charge on any atom is 0.268 e. The molecule has 0 saturated heterocycles. The molecule has 0 amide bonds. The summed E-state index contributed by atoms with van der Waals surface area (Å²) in [6, 6.07) is 23.7. The summed E-state index contributed by atoms with van der Waals surface area (Å²) in [7, 11) is -3.86. The smallest absolute Gasteiger partial charge is 0.268 e. The molecule has 0 aliphatic carbocycles. The van der Waals surface area contributed by atoms with Gasteiger partial charge in [-0.05, 0) is 43.2 Å². The summed E-state index contributed by atoms with van der Waals surface area (Å²) >= 11 is 0. The van der Waals surface area contributed by atoms with Gasteiger partial charge in [-0.1, -0.05) is 72.3 Å². The summed E-state index contributed by atoms with van der Waals surface area (Å²) in [6.45, 7) is 3.49. The van der Waals surface area contributed by atoms with Crippen LogP contribution in [0.4, 0.5) is 5.69 Å². The minimum absolute atomic E-state index is 0.0632. The second-order valence-electron chi connectivity index (χ2n) is 7.57. The Kier molecular flexibility index (Phi) is 5.31. The molecule has 0 fully saturated rings. The number of para-hydroxylation sites is 1. The van der Waals surface area contributed by atoms with Crippen molar-refractivity contribution in [2.75, 3.05) is 4.31 Å². The van der Waals surface area contributed by atoms with E-state index in [1.54, 1.807) is 31.2 Å². The number of rotatable bonds is 5. The third-order valence-corrected chi connectivity index (χ3v) is 7.01. The average molecular weight is 418 g/mol. The topological polar surface area (TPSA) is 54.5 Å². The molecule has 0 radical (unpaired) electrons. The predicted molar refractivity (Wildman–Crippen MR) is 120 cm³/mol. The van der Waals surface area contributed by atoms with Crippen LogP contribution in [0, 0.1) is 6.92 Å². The van der Waals surface area contributed by atoms with Crippen molar-refractivity contribution in [3.8, 4) is 0 Å². The number of sulfonamides is 1. The van der Waals surface area contributed by atoms with E-state index in [0.717, 1.165) is 16.7 Å². The Labute approximate surface area is 177 Å². The maximum absolute atomic E-state index is 13.8. The first kappa shape index (κ1) is 20.1. The minimum atomic E-state index is -3.86. The van der Waals surface area contributed by atoms with Crippen LogP contribution >= 0.6 is 0 Å². The van der Waals surface area contributed by atoms with Gasteiger partial charge < -0.3 is 0 Å². The van der Waals surface area contributed by atoms with Gasteiger partial charge in [0.25, 0.3) is 10.0 Å². The van der Waals surface area contributed by atoms with Crippen molar-refractivity contribution in [1.29, 1.82) is 0 Å². The van der Waals surface area contributed by atoms with Gasteiger partial charge in [-0.25, -0.2) is 12.7 Å². The van der Waals surface area contributed by atoms with E-state index in [-0.39, 0.29) is 16.6 Å². The Hall–Kier alpha value is -3.18. The van der Waals surface area contributed by atoms with E-state index in [1.165, 1.54) is 4.31 Å². The van der Waals surface area contributed by atoms with Gasteiger partial charge in [0.1, 0.15) is 5.78 Å². The van der Waals surface area contributed by atoms with E-state index in [2.05, 4.69) is 0 Å². The van der Waals surface area contributed by atoms with Gasteiger partial charge in [0, 0.05) is 12.3 Å². The largest absolute Gasteiger partial charge is 0.300 e. The van der Waals surface area contributed by atoms with E-state index in [1.807, 2.05) is 67.6 Å². The molecule has 4 rings (SSSR count). The standard InChI is InChI=1S/C25H23NO3S/c1-18-12-14-22(15-13-18)30(28,29)26-24-11-7-6-10-23(24)21(16-19(2)27)17-25(26)20-8-4-3-5-9-20/h3-15,17,21H,16H2,1-2H3/t21-/m1/s1. The average Bonchev–Trinajstić information content (AvgIpc) is 2.74. The Morgan fingerprint density at radius 1 is 0.900 bits per heavy atom. The zero-order valence-corrected chi connectivity index (χ0v) is 17.8. The summed E-state index contributed by atoms with van der Waals surface area (Å²) in [5, 5.41) is 0. The number of fused-ring (bicyclic) bond motifs is 1. The highest BCUT2D eigenvalue weighted by atomic mass is 32.2. The molecular formula is C25H23NO3S. The molecule has 3 aromatic rings. The quantitative estimate of drug-likeness (QED) is 0.565. The van der Waals surface area contributed by atoms with Crippen LogP contribution in [0.5, 0.6) is 0 Å². The van der Waals surface area contributed by atoms with Crippen LogP contribution in [0.25, 0.3) is 5.70 Å². The number of benzene rings is 3. The van der Waals surface area contributed by atoms with Crippen molar-refractivity contribution >= 4 is 27.2 Å². The van der Waals surface area contributed by atoms with Gasteiger partial charge in [0.2, 0.25) is 0 Å². The van der Waals surface area contributed by atoms with E-state index in [4.69, 9.17) is 0 Å². The lowest BCUT2D eigenvalue weighted by Crippen LogP contribution is -2.33. The fraction of sp³-hybridized carbons (Fsp3) is 0.160. The van der Waals surface area contributed by atoms with Gasteiger partial charge in [-0.3, -0.25) is 4.79 Å². The molecule has 0 spiro atoms. The van der Waals surface area contributed by atoms with Gasteiger partial charge in [-0.2, -0.15) is 0 Å². The predicted octanol–water partition coefficient (Wildman–Crippen LogP) is 5.31. The minimum Gasteiger partial charge on any atom is -0.300 e. The number of nitrogens with zero attached hydrogens (tertiary/aromatic N) is 1. The SMILES string of the molecule is CC(=O)C[C@@H]1C=C(c2ccccc2)N(S(=O)(=O)c2ccc(C)cc2)c2ccccc21. The number of hydrogen-bond acceptors (Lipinski definition) is 3. The molecule has 5 heteroatoms. The number of ketones is 1. The van der Waals surface area contributed by atoms with Crippen LogP contribution in [0.2, 0.25) is 0 Å². The van der Waals surface area contributed by atoms with Gasteiger partial charge in [0.15, 0.2) is 0 Å². The number of allylic oxidation sites excluding steroid dienone is 1. The highest BCUT2D eigenvalue weighted by Crippen LogP contribution is 2.44. The molecule has 1 aliphatic rings. The monoisotopic (exact) mass is 417 g/mol. The van der Waals surface area contributed by atoms with Crippen LogP contribution in [-0.4, -0.2) is 14.2 Å². The summed E-state index contributed by atoms with van der Waals surface area (Å²) in [6.07, 6.45) is 2.23. The molecule has 1 aliphatic heterocycles. The molecule has 30 heavy (non-hydrogen) atoms. The summed E-state index contributed by atoms with van der Waals surface area (Å²) in [5.41, 5.74) is 3.78.